The number of carbonyl (C=O) groups is 1. The van der Waals surface area contributed by atoms with Crippen LogP contribution in [-0.2, 0) is 0 Å². The first-order valence-corrected chi connectivity index (χ1v) is 5.55. The Bertz CT molecular complexity index is 424. The molecule has 0 atom stereocenters. The van der Waals surface area contributed by atoms with Crippen molar-refractivity contribution in [3.63, 3.8) is 0 Å². The molecule has 0 unspecified atom stereocenters. The third kappa shape index (κ3) is 5.19. The minimum absolute atomic E-state index is 0.0795. The van der Waals surface area contributed by atoms with Crippen LogP contribution in [0, 0.1) is 18.8 Å². The quantitative estimate of drug-likeness (QED) is 0.794. The minimum Gasteiger partial charge on any atom is -0.341 e. The molecule has 0 radical (unpaired) electrons. The van der Waals surface area contributed by atoms with Crippen LogP contribution in [0.15, 0.2) is 24.3 Å². The molecule has 0 saturated carbocycles. The predicted octanol–water partition coefficient (Wildman–Crippen LogP) is 1.29. The number of amides is 1. The Morgan fingerprint density at radius 3 is 2.47 bits per heavy atom. The summed E-state index contributed by atoms with van der Waals surface area (Å²) in [5.74, 6) is 5.79. The molecule has 3 heteroatoms. The van der Waals surface area contributed by atoms with E-state index >= 15 is 0 Å². The van der Waals surface area contributed by atoms with Gasteiger partial charge in [-0.3, -0.25) is 9.69 Å². The van der Waals surface area contributed by atoms with Crippen molar-refractivity contribution < 1.29 is 4.79 Å². The van der Waals surface area contributed by atoms with Crippen molar-refractivity contribution in [3.8, 4) is 11.8 Å². The summed E-state index contributed by atoms with van der Waals surface area (Å²) in [6, 6.07) is 7.48. The molecule has 1 aromatic carbocycles. The van der Waals surface area contributed by atoms with Crippen LogP contribution in [-0.4, -0.2) is 38.0 Å². The van der Waals surface area contributed by atoms with Gasteiger partial charge in [0, 0.05) is 5.56 Å². The summed E-state index contributed by atoms with van der Waals surface area (Å²) in [5, 5.41) is 2.76. The lowest BCUT2D eigenvalue weighted by atomic mass is 10.1. The number of benzene rings is 1. The van der Waals surface area contributed by atoms with Crippen molar-refractivity contribution in [3.05, 3.63) is 35.4 Å². The molecule has 0 spiro atoms. The smallest absolute Gasteiger partial charge is 0.252 e. The van der Waals surface area contributed by atoms with Crippen LogP contribution in [0.1, 0.15) is 15.9 Å². The number of nitrogens with zero attached hydrogens (tertiary/aromatic N) is 1. The third-order valence-corrected chi connectivity index (χ3v) is 2.17. The summed E-state index contributed by atoms with van der Waals surface area (Å²) in [4.78, 5) is 13.6. The van der Waals surface area contributed by atoms with Crippen LogP contribution in [0.5, 0.6) is 0 Å². The number of rotatable bonds is 3. The van der Waals surface area contributed by atoms with Crippen molar-refractivity contribution in [2.24, 2.45) is 0 Å². The van der Waals surface area contributed by atoms with Crippen LogP contribution in [0.3, 0.4) is 0 Å². The molecule has 0 fully saturated rings. The van der Waals surface area contributed by atoms with E-state index in [4.69, 9.17) is 0 Å². The van der Waals surface area contributed by atoms with E-state index in [1.54, 1.807) is 0 Å². The van der Waals surface area contributed by atoms with Crippen molar-refractivity contribution in [2.75, 3.05) is 27.2 Å². The third-order valence-electron chi connectivity index (χ3n) is 2.17. The van der Waals surface area contributed by atoms with Gasteiger partial charge < -0.3 is 5.32 Å². The van der Waals surface area contributed by atoms with Gasteiger partial charge in [-0.05, 0) is 33.2 Å². The highest BCUT2D eigenvalue weighted by atomic mass is 16.1. The van der Waals surface area contributed by atoms with Gasteiger partial charge >= 0.3 is 0 Å². The van der Waals surface area contributed by atoms with Gasteiger partial charge in [-0.25, -0.2) is 0 Å². The highest BCUT2D eigenvalue weighted by Crippen LogP contribution is 2.02. The zero-order chi connectivity index (χ0) is 12.7. The molecule has 0 aromatic heterocycles. The van der Waals surface area contributed by atoms with E-state index in [1.807, 2.05) is 50.2 Å². The Morgan fingerprint density at radius 1 is 1.24 bits per heavy atom. The summed E-state index contributed by atoms with van der Waals surface area (Å²) in [6.07, 6.45) is 0. The fraction of sp³-hybridized carbons (Fsp3) is 0.357. The average Bonchev–Trinajstić information content (AvgIpc) is 2.29. The van der Waals surface area contributed by atoms with Crippen molar-refractivity contribution in [1.29, 1.82) is 0 Å². The molecular weight excluding hydrogens is 212 g/mol. The Hall–Kier alpha value is -1.79. The minimum atomic E-state index is -0.0795. The van der Waals surface area contributed by atoms with E-state index in [2.05, 4.69) is 17.2 Å². The molecule has 1 rings (SSSR count). The summed E-state index contributed by atoms with van der Waals surface area (Å²) >= 11 is 0. The average molecular weight is 230 g/mol. The van der Waals surface area contributed by atoms with Gasteiger partial charge in [-0.1, -0.05) is 29.5 Å². The van der Waals surface area contributed by atoms with E-state index in [0.29, 0.717) is 18.7 Å². The van der Waals surface area contributed by atoms with Crippen molar-refractivity contribution >= 4 is 5.91 Å². The lowest BCUT2D eigenvalue weighted by molar-refractivity contribution is 0.0958. The number of aryl methyl sites for hydroxylation is 1. The second-order valence-electron chi connectivity index (χ2n) is 4.14. The van der Waals surface area contributed by atoms with Crippen LogP contribution in [0.2, 0.25) is 0 Å². The van der Waals surface area contributed by atoms with Crippen molar-refractivity contribution in [1.82, 2.24) is 10.2 Å². The van der Waals surface area contributed by atoms with Crippen LogP contribution >= 0.6 is 0 Å². The van der Waals surface area contributed by atoms with Gasteiger partial charge in [-0.2, -0.15) is 0 Å². The molecule has 0 aliphatic heterocycles. The fourth-order valence-electron chi connectivity index (χ4n) is 1.21. The van der Waals surface area contributed by atoms with Gasteiger partial charge in [-0.15, -0.1) is 0 Å². The zero-order valence-corrected chi connectivity index (χ0v) is 10.6. The van der Waals surface area contributed by atoms with Gasteiger partial charge in [0.1, 0.15) is 0 Å². The maximum atomic E-state index is 11.7. The molecule has 1 N–H and O–H groups in total. The topological polar surface area (TPSA) is 32.3 Å². The second-order valence-corrected chi connectivity index (χ2v) is 4.14. The van der Waals surface area contributed by atoms with Gasteiger partial charge in [0.05, 0.1) is 13.1 Å². The molecule has 0 aliphatic carbocycles. The maximum Gasteiger partial charge on any atom is 0.252 e. The lowest BCUT2D eigenvalue weighted by Gasteiger charge is -2.02. The number of hydrogen-bond donors (Lipinski definition) is 1. The summed E-state index contributed by atoms with van der Waals surface area (Å²) < 4.78 is 0. The van der Waals surface area contributed by atoms with Gasteiger partial charge in [0.2, 0.25) is 0 Å². The largest absolute Gasteiger partial charge is 0.341 e. The molecule has 1 aromatic rings. The first kappa shape index (κ1) is 13.3. The molecule has 17 heavy (non-hydrogen) atoms. The van der Waals surface area contributed by atoms with E-state index in [-0.39, 0.29) is 5.91 Å². The molecule has 0 saturated heterocycles. The van der Waals surface area contributed by atoms with E-state index < -0.39 is 0 Å². The molecule has 0 aliphatic rings. The van der Waals surface area contributed by atoms with Crippen LogP contribution in [0.25, 0.3) is 0 Å². The van der Waals surface area contributed by atoms with Crippen LogP contribution in [0.4, 0.5) is 0 Å². The maximum absolute atomic E-state index is 11.7. The predicted molar refractivity (Wildman–Crippen MR) is 69.8 cm³/mol. The molecule has 0 heterocycles. The monoisotopic (exact) mass is 230 g/mol. The van der Waals surface area contributed by atoms with E-state index in [0.717, 1.165) is 5.56 Å². The highest BCUT2D eigenvalue weighted by Gasteiger charge is 2.02. The lowest BCUT2D eigenvalue weighted by Crippen LogP contribution is -2.23. The number of nitrogens with one attached hydrogen (secondary N) is 1. The second kappa shape index (κ2) is 6.72. The van der Waals surface area contributed by atoms with Crippen molar-refractivity contribution in [2.45, 2.75) is 6.92 Å². The van der Waals surface area contributed by atoms with Gasteiger partial charge in [0.25, 0.3) is 5.91 Å². The molecule has 90 valence electrons. The van der Waals surface area contributed by atoms with E-state index in [1.165, 1.54) is 0 Å². The Morgan fingerprint density at radius 2 is 1.88 bits per heavy atom. The molecule has 3 nitrogen and oxygen atoms in total. The fourth-order valence-corrected chi connectivity index (χ4v) is 1.21. The van der Waals surface area contributed by atoms with Crippen LogP contribution < -0.4 is 5.32 Å². The summed E-state index contributed by atoms with van der Waals surface area (Å²) in [6.45, 7) is 3.09. The zero-order valence-electron chi connectivity index (χ0n) is 10.6. The number of hydrogen-bond acceptors (Lipinski definition) is 2. The highest BCUT2D eigenvalue weighted by molar-refractivity contribution is 5.94. The number of carbonyl (C=O) groups excluding carboxylic acids is 1. The Kier molecular flexibility index (Phi) is 5.25. The molecule has 1 amide bonds. The van der Waals surface area contributed by atoms with E-state index in [9.17, 15) is 4.79 Å². The Balaban J connectivity index is 2.39. The summed E-state index contributed by atoms with van der Waals surface area (Å²) in [7, 11) is 3.92. The standard InChI is InChI=1S/C14H18N2O/c1-12-6-8-13(9-7-12)14(17)15-10-4-5-11-16(2)3/h6-9H,10-11H2,1-3H3,(H,15,17). The normalized spacial score (nSPS) is 9.65. The SMILES string of the molecule is Cc1ccc(C(=O)NCC#CCN(C)C)cc1. The molecular formula is C14H18N2O. The first-order chi connectivity index (χ1) is 8.09. The summed E-state index contributed by atoms with van der Waals surface area (Å²) in [5.41, 5.74) is 1.82. The molecule has 0 bridgehead atoms. The Labute approximate surface area is 103 Å². The van der Waals surface area contributed by atoms with Gasteiger partial charge in [0.15, 0.2) is 0 Å². The first-order valence-electron chi connectivity index (χ1n) is 5.55.